The molecule has 1 aliphatic carbocycles. The standard InChI is InChI=1S/C17H33N3O2.C2H6/c1-17(2,3)22-16(21)20-11-9-19(10-12-20)15(13-18)14-7-5-4-6-8-14;1-2/h14-15H,4-13,18H2,1-3H3;1-2H3. The van der Waals surface area contributed by atoms with Crippen molar-refractivity contribution in [2.24, 2.45) is 11.7 Å². The molecule has 2 rings (SSSR count). The van der Waals surface area contributed by atoms with Crippen LogP contribution >= 0.6 is 0 Å². The average molecular weight is 342 g/mol. The van der Waals surface area contributed by atoms with Crippen molar-refractivity contribution in [2.45, 2.75) is 78.4 Å². The minimum absolute atomic E-state index is 0.186. The van der Waals surface area contributed by atoms with Crippen LogP contribution in [0.3, 0.4) is 0 Å². The van der Waals surface area contributed by atoms with Crippen molar-refractivity contribution in [1.82, 2.24) is 9.80 Å². The molecular formula is C19H39N3O2. The molecule has 2 fully saturated rings. The molecule has 142 valence electrons. The number of amides is 1. The lowest BCUT2D eigenvalue weighted by molar-refractivity contribution is 0.00572. The fourth-order valence-corrected chi connectivity index (χ4v) is 3.72. The molecule has 0 aromatic heterocycles. The van der Waals surface area contributed by atoms with E-state index in [0.717, 1.165) is 38.6 Å². The van der Waals surface area contributed by atoms with E-state index in [9.17, 15) is 4.79 Å². The summed E-state index contributed by atoms with van der Waals surface area (Å²) in [7, 11) is 0. The van der Waals surface area contributed by atoms with Crippen molar-refractivity contribution < 1.29 is 9.53 Å². The quantitative estimate of drug-likeness (QED) is 0.854. The largest absolute Gasteiger partial charge is 0.444 e. The van der Waals surface area contributed by atoms with Gasteiger partial charge < -0.3 is 15.4 Å². The first kappa shape index (κ1) is 21.2. The summed E-state index contributed by atoms with van der Waals surface area (Å²) in [5, 5.41) is 0. The van der Waals surface area contributed by atoms with Gasteiger partial charge >= 0.3 is 6.09 Å². The molecule has 0 spiro atoms. The Balaban J connectivity index is 0.00000139. The highest BCUT2D eigenvalue weighted by atomic mass is 16.6. The number of ether oxygens (including phenoxy) is 1. The van der Waals surface area contributed by atoms with Gasteiger partial charge in [0.25, 0.3) is 0 Å². The average Bonchev–Trinajstić information content (AvgIpc) is 2.57. The highest BCUT2D eigenvalue weighted by Gasteiger charge is 2.32. The number of nitrogens with zero attached hydrogens (tertiary/aromatic N) is 2. The zero-order valence-electron chi connectivity index (χ0n) is 16.5. The number of carbonyl (C=O) groups is 1. The highest BCUT2D eigenvalue weighted by Crippen LogP contribution is 2.29. The van der Waals surface area contributed by atoms with Gasteiger partial charge in [-0.2, -0.15) is 0 Å². The first-order valence-electron chi connectivity index (χ1n) is 9.83. The lowest BCUT2D eigenvalue weighted by atomic mass is 9.83. The summed E-state index contributed by atoms with van der Waals surface area (Å²) in [5.74, 6) is 0.742. The number of carbonyl (C=O) groups excluding carboxylic acids is 1. The fourth-order valence-electron chi connectivity index (χ4n) is 3.72. The van der Waals surface area contributed by atoms with Crippen LogP contribution in [0.4, 0.5) is 4.79 Å². The number of nitrogens with two attached hydrogens (primary N) is 1. The lowest BCUT2D eigenvalue weighted by Crippen LogP contribution is -2.56. The van der Waals surface area contributed by atoms with Crippen molar-refractivity contribution in [1.29, 1.82) is 0 Å². The Bertz CT molecular complexity index is 354. The monoisotopic (exact) mass is 341 g/mol. The van der Waals surface area contributed by atoms with Crippen LogP contribution in [0.15, 0.2) is 0 Å². The van der Waals surface area contributed by atoms with E-state index in [1.165, 1.54) is 32.1 Å². The van der Waals surface area contributed by atoms with Crippen LogP contribution in [0, 0.1) is 5.92 Å². The summed E-state index contributed by atoms with van der Waals surface area (Å²) in [4.78, 5) is 16.4. The van der Waals surface area contributed by atoms with Gasteiger partial charge in [-0.15, -0.1) is 0 Å². The molecule has 1 heterocycles. The van der Waals surface area contributed by atoms with Crippen molar-refractivity contribution in [3.8, 4) is 0 Å². The second kappa shape index (κ2) is 10.2. The zero-order valence-corrected chi connectivity index (χ0v) is 16.5. The van der Waals surface area contributed by atoms with E-state index >= 15 is 0 Å². The summed E-state index contributed by atoms with van der Waals surface area (Å²) in [6.07, 6.45) is 6.51. The molecule has 1 amide bonds. The maximum atomic E-state index is 12.1. The van der Waals surface area contributed by atoms with Crippen molar-refractivity contribution >= 4 is 6.09 Å². The summed E-state index contributed by atoms with van der Waals surface area (Å²) in [6.45, 7) is 13.8. The molecule has 2 aliphatic rings. The number of piperazine rings is 1. The molecule has 1 unspecified atom stereocenters. The Hall–Kier alpha value is -0.810. The van der Waals surface area contributed by atoms with E-state index in [1.54, 1.807) is 0 Å². The first-order chi connectivity index (χ1) is 11.4. The predicted molar refractivity (Wildman–Crippen MR) is 100 cm³/mol. The molecule has 0 radical (unpaired) electrons. The van der Waals surface area contributed by atoms with E-state index in [1.807, 2.05) is 39.5 Å². The van der Waals surface area contributed by atoms with Gasteiger partial charge in [-0.3, -0.25) is 4.90 Å². The molecule has 0 aromatic carbocycles. The van der Waals surface area contributed by atoms with Crippen LogP contribution < -0.4 is 5.73 Å². The Morgan fingerprint density at radius 3 is 2.08 bits per heavy atom. The Morgan fingerprint density at radius 1 is 1.08 bits per heavy atom. The smallest absolute Gasteiger partial charge is 0.410 e. The van der Waals surface area contributed by atoms with E-state index in [0.29, 0.717) is 6.04 Å². The minimum Gasteiger partial charge on any atom is -0.444 e. The van der Waals surface area contributed by atoms with Gasteiger partial charge in [0.15, 0.2) is 0 Å². The molecule has 24 heavy (non-hydrogen) atoms. The molecule has 1 atom stereocenters. The number of rotatable bonds is 3. The fraction of sp³-hybridized carbons (Fsp3) is 0.947. The maximum Gasteiger partial charge on any atom is 0.410 e. The van der Waals surface area contributed by atoms with Crippen molar-refractivity contribution in [3.63, 3.8) is 0 Å². The second-order valence-corrected chi connectivity index (χ2v) is 7.70. The van der Waals surface area contributed by atoms with Gasteiger partial charge in [0.2, 0.25) is 0 Å². The molecule has 0 aromatic rings. The van der Waals surface area contributed by atoms with Crippen LogP contribution in [0.2, 0.25) is 0 Å². The summed E-state index contributed by atoms with van der Waals surface area (Å²) in [5.41, 5.74) is 5.64. The Labute approximate surface area is 148 Å². The lowest BCUT2D eigenvalue weighted by Gasteiger charge is -2.43. The van der Waals surface area contributed by atoms with Gasteiger partial charge in [0.1, 0.15) is 5.60 Å². The highest BCUT2D eigenvalue weighted by molar-refractivity contribution is 5.68. The normalized spacial score (nSPS) is 21.7. The van der Waals surface area contributed by atoms with E-state index in [-0.39, 0.29) is 6.09 Å². The van der Waals surface area contributed by atoms with Crippen LogP contribution in [0.1, 0.15) is 66.7 Å². The Kier molecular flexibility index (Phi) is 9.06. The van der Waals surface area contributed by atoms with Crippen molar-refractivity contribution in [2.75, 3.05) is 32.7 Å². The van der Waals surface area contributed by atoms with Gasteiger partial charge in [0, 0.05) is 38.8 Å². The van der Waals surface area contributed by atoms with Crippen LogP contribution in [-0.4, -0.2) is 60.3 Å². The van der Waals surface area contributed by atoms with Gasteiger partial charge in [-0.05, 0) is 39.5 Å². The first-order valence-corrected chi connectivity index (χ1v) is 9.83. The molecular weight excluding hydrogens is 302 g/mol. The number of hydrogen-bond acceptors (Lipinski definition) is 4. The van der Waals surface area contributed by atoms with Crippen molar-refractivity contribution in [3.05, 3.63) is 0 Å². The third kappa shape index (κ3) is 6.60. The summed E-state index contributed by atoms with van der Waals surface area (Å²) < 4.78 is 5.46. The predicted octanol–water partition coefficient (Wildman–Crippen LogP) is 3.47. The topological polar surface area (TPSA) is 58.8 Å². The molecule has 1 saturated carbocycles. The van der Waals surface area contributed by atoms with E-state index in [4.69, 9.17) is 10.5 Å². The zero-order chi connectivity index (χ0) is 18.2. The van der Waals surface area contributed by atoms with Gasteiger partial charge in [0.05, 0.1) is 0 Å². The molecule has 2 N–H and O–H groups in total. The van der Waals surface area contributed by atoms with E-state index in [2.05, 4.69) is 4.90 Å². The molecule has 1 aliphatic heterocycles. The molecule has 1 saturated heterocycles. The van der Waals surface area contributed by atoms with Crippen LogP contribution in [0.5, 0.6) is 0 Å². The maximum absolute atomic E-state index is 12.1. The third-order valence-electron chi connectivity index (χ3n) is 4.87. The number of hydrogen-bond donors (Lipinski definition) is 1. The van der Waals surface area contributed by atoms with Crippen LogP contribution in [-0.2, 0) is 4.74 Å². The van der Waals surface area contributed by atoms with Crippen LogP contribution in [0.25, 0.3) is 0 Å². The van der Waals surface area contributed by atoms with E-state index < -0.39 is 5.60 Å². The molecule has 5 nitrogen and oxygen atoms in total. The SMILES string of the molecule is CC.CC(C)(C)OC(=O)N1CCN(C(CN)C2CCCCC2)CC1. The molecule has 5 heteroatoms. The second-order valence-electron chi connectivity index (χ2n) is 7.70. The van der Waals surface area contributed by atoms with Gasteiger partial charge in [-0.1, -0.05) is 33.1 Å². The third-order valence-corrected chi connectivity index (χ3v) is 4.87. The summed E-state index contributed by atoms with van der Waals surface area (Å²) >= 11 is 0. The molecule has 0 bridgehead atoms. The Morgan fingerprint density at radius 2 is 1.62 bits per heavy atom. The summed E-state index contributed by atoms with van der Waals surface area (Å²) in [6, 6.07) is 0.487. The minimum atomic E-state index is -0.421. The van der Waals surface area contributed by atoms with Gasteiger partial charge in [-0.25, -0.2) is 4.79 Å².